The lowest BCUT2D eigenvalue weighted by Gasteiger charge is -2.21. The van der Waals surface area contributed by atoms with Gasteiger partial charge in [-0.2, -0.15) is 5.10 Å². The Morgan fingerprint density at radius 3 is 2.59 bits per heavy atom. The second-order valence-corrected chi connectivity index (χ2v) is 5.54. The molecule has 1 unspecified atom stereocenters. The molecule has 0 aromatic heterocycles. The van der Waals surface area contributed by atoms with E-state index in [9.17, 15) is 9.59 Å². The largest absolute Gasteiger partial charge is 0.377 e. The number of hydrazone groups is 1. The zero-order chi connectivity index (χ0) is 12.4. The molecule has 0 radical (unpaired) electrons. The van der Waals surface area contributed by atoms with Gasteiger partial charge < -0.3 is 11.6 Å². The molecule has 0 spiro atoms. The number of hydrogen-bond donors (Lipinski definition) is 2. The van der Waals surface area contributed by atoms with Crippen LogP contribution in [0.4, 0.5) is 0 Å². The van der Waals surface area contributed by atoms with Crippen LogP contribution in [-0.2, 0) is 9.59 Å². The number of likely N-dealkylation sites (tertiary alicyclic amines) is 1. The van der Waals surface area contributed by atoms with Crippen LogP contribution in [0.15, 0.2) is 5.10 Å². The fourth-order valence-corrected chi connectivity index (χ4v) is 3.23. The molecule has 2 amide bonds. The van der Waals surface area contributed by atoms with Gasteiger partial charge in [0.05, 0.1) is 0 Å². The normalized spacial score (nSPS) is 27.2. The van der Waals surface area contributed by atoms with Crippen molar-refractivity contribution in [3.63, 3.8) is 0 Å². The highest BCUT2D eigenvalue weighted by Crippen LogP contribution is 2.32. The van der Waals surface area contributed by atoms with Gasteiger partial charge in [-0.05, 0) is 12.8 Å². The molecule has 1 aliphatic heterocycles. The van der Waals surface area contributed by atoms with Crippen LogP contribution >= 0.6 is 11.8 Å². The first-order valence-electron chi connectivity index (χ1n) is 5.69. The third-order valence-corrected chi connectivity index (χ3v) is 4.22. The Labute approximate surface area is 104 Å². The maximum Gasteiger partial charge on any atom is 0.243 e. The molecule has 2 fully saturated rings. The minimum Gasteiger partial charge on any atom is -0.377 e. The van der Waals surface area contributed by atoms with Crippen molar-refractivity contribution < 1.29 is 9.59 Å². The van der Waals surface area contributed by atoms with Crippen LogP contribution in [0.3, 0.4) is 0 Å². The summed E-state index contributed by atoms with van der Waals surface area (Å²) in [5.41, 5.74) is 5.47. The molecule has 6 nitrogen and oxygen atoms in total. The summed E-state index contributed by atoms with van der Waals surface area (Å²) in [7, 11) is 0. The first-order valence-corrected chi connectivity index (χ1v) is 6.57. The van der Waals surface area contributed by atoms with Crippen LogP contribution in [0.25, 0.3) is 0 Å². The van der Waals surface area contributed by atoms with Gasteiger partial charge in [0.1, 0.15) is 5.25 Å². The number of amides is 2. The quantitative estimate of drug-likeness (QED) is 0.238. The highest BCUT2D eigenvalue weighted by molar-refractivity contribution is 8.14. The maximum absolute atomic E-state index is 12.1. The van der Waals surface area contributed by atoms with E-state index in [4.69, 9.17) is 11.6 Å². The standard InChI is InChI=1S/C10H16N4O2S/c11-10(13-12)17-7-5-8(15)14(9(7)16)6-3-1-2-4-6/h6-7H,1-5,12H2,(H2,11,13). The summed E-state index contributed by atoms with van der Waals surface area (Å²) < 4.78 is 0. The third kappa shape index (κ3) is 2.38. The van der Waals surface area contributed by atoms with Gasteiger partial charge in [0.25, 0.3) is 0 Å². The molecule has 0 aromatic rings. The molecule has 1 saturated heterocycles. The lowest BCUT2D eigenvalue weighted by molar-refractivity contribution is -0.140. The summed E-state index contributed by atoms with van der Waals surface area (Å²) in [5, 5.41) is 3.00. The molecule has 0 aromatic carbocycles. The summed E-state index contributed by atoms with van der Waals surface area (Å²) in [5.74, 6) is 4.79. The molecule has 17 heavy (non-hydrogen) atoms. The minimum absolute atomic E-state index is 0.0933. The summed E-state index contributed by atoms with van der Waals surface area (Å²) >= 11 is 1.07. The van der Waals surface area contributed by atoms with Gasteiger partial charge in [-0.15, -0.1) is 0 Å². The van der Waals surface area contributed by atoms with Crippen molar-refractivity contribution in [1.29, 1.82) is 0 Å². The van der Waals surface area contributed by atoms with Gasteiger partial charge in [-0.3, -0.25) is 14.5 Å². The first kappa shape index (κ1) is 12.2. The van der Waals surface area contributed by atoms with Crippen molar-refractivity contribution in [3.05, 3.63) is 0 Å². The SMILES string of the molecule is NN=C(N)SC1CC(=O)N(C2CCCC2)C1=O. The summed E-state index contributed by atoms with van der Waals surface area (Å²) in [6.07, 6.45) is 4.23. The highest BCUT2D eigenvalue weighted by atomic mass is 32.2. The number of rotatable bonds is 2. The monoisotopic (exact) mass is 256 g/mol. The molecule has 1 heterocycles. The summed E-state index contributed by atoms with van der Waals surface area (Å²) in [6, 6.07) is 0.0941. The predicted molar refractivity (Wildman–Crippen MR) is 65.9 cm³/mol. The van der Waals surface area contributed by atoms with Crippen LogP contribution in [0, 0.1) is 0 Å². The van der Waals surface area contributed by atoms with Crippen molar-refractivity contribution >= 4 is 28.7 Å². The minimum atomic E-state index is -0.449. The summed E-state index contributed by atoms with van der Waals surface area (Å²) in [6.45, 7) is 0. The van der Waals surface area contributed by atoms with E-state index in [0.29, 0.717) is 0 Å². The number of nitrogens with two attached hydrogens (primary N) is 2. The second kappa shape index (κ2) is 4.95. The second-order valence-electron chi connectivity index (χ2n) is 4.32. The molecule has 1 saturated carbocycles. The van der Waals surface area contributed by atoms with E-state index in [-0.39, 0.29) is 29.4 Å². The topological polar surface area (TPSA) is 102 Å². The van der Waals surface area contributed by atoms with Crippen molar-refractivity contribution in [2.24, 2.45) is 16.7 Å². The molecular weight excluding hydrogens is 240 g/mol. The molecule has 4 N–H and O–H groups in total. The Morgan fingerprint density at radius 2 is 2.00 bits per heavy atom. The average molecular weight is 256 g/mol. The van der Waals surface area contributed by atoms with Crippen molar-refractivity contribution in [3.8, 4) is 0 Å². The number of amidine groups is 1. The Kier molecular flexibility index (Phi) is 3.56. The zero-order valence-electron chi connectivity index (χ0n) is 9.46. The Balaban J connectivity index is 2.05. The van der Waals surface area contributed by atoms with Crippen LogP contribution in [0.2, 0.25) is 0 Å². The van der Waals surface area contributed by atoms with Crippen LogP contribution in [0.1, 0.15) is 32.1 Å². The van der Waals surface area contributed by atoms with E-state index >= 15 is 0 Å². The van der Waals surface area contributed by atoms with Crippen LogP contribution < -0.4 is 11.6 Å². The highest BCUT2D eigenvalue weighted by Gasteiger charge is 2.43. The van der Waals surface area contributed by atoms with E-state index in [0.717, 1.165) is 37.4 Å². The average Bonchev–Trinajstić information content (AvgIpc) is 2.88. The van der Waals surface area contributed by atoms with Gasteiger partial charge in [-0.25, -0.2) is 0 Å². The van der Waals surface area contributed by atoms with Crippen molar-refractivity contribution in [2.45, 2.75) is 43.4 Å². The molecular formula is C10H16N4O2S. The molecule has 7 heteroatoms. The lowest BCUT2D eigenvalue weighted by atomic mass is 10.2. The van der Waals surface area contributed by atoms with E-state index in [1.807, 2.05) is 0 Å². The number of nitrogens with zero attached hydrogens (tertiary/aromatic N) is 2. The van der Waals surface area contributed by atoms with Crippen LogP contribution in [-0.4, -0.2) is 33.2 Å². The zero-order valence-corrected chi connectivity index (χ0v) is 10.3. The number of thioether (sulfide) groups is 1. The summed E-state index contributed by atoms with van der Waals surface area (Å²) in [4.78, 5) is 25.3. The van der Waals surface area contributed by atoms with Crippen molar-refractivity contribution in [1.82, 2.24) is 4.90 Å². The van der Waals surface area contributed by atoms with Gasteiger partial charge in [0, 0.05) is 12.5 Å². The molecule has 1 atom stereocenters. The molecule has 0 bridgehead atoms. The molecule has 2 rings (SSSR count). The fourth-order valence-electron chi connectivity index (χ4n) is 2.44. The van der Waals surface area contributed by atoms with Crippen LogP contribution in [0.5, 0.6) is 0 Å². The Morgan fingerprint density at radius 1 is 1.35 bits per heavy atom. The van der Waals surface area contributed by atoms with Gasteiger partial charge in [0.2, 0.25) is 11.8 Å². The van der Waals surface area contributed by atoms with Gasteiger partial charge in [0.15, 0.2) is 5.17 Å². The molecule has 1 aliphatic carbocycles. The Hall–Kier alpha value is -1.24. The van der Waals surface area contributed by atoms with E-state index in [1.165, 1.54) is 4.90 Å². The van der Waals surface area contributed by atoms with Crippen molar-refractivity contribution in [2.75, 3.05) is 0 Å². The van der Waals surface area contributed by atoms with E-state index in [1.54, 1.807) is 0 Å². The third-order valence-electron chi connectivity index (χ3n) is 3.22. The Bertz CT molecular complexity index is 365. The molecule has 94 valence electrons. The first-order chi connectivity index (χ1) is 8.13. The number of carbonyl (C=O) groups excluding carboxylic acids is 2. The lowest BCUT2D eigenvalue weighted by Crippen LogP contribution is -2.39. The predicted octanol–water partition coefficient (Wildman–Crippen LogP) is -0.0219. The smallest absolute Gasteiger partial charge is 0.243 e. The van der Waals surface area contributed by atoms with E-state index < -0.39 is 5.25 Å². The van der Waals surface area contributed by atoms with E-state index in [2.05, 4.69) is 5.10 Å². The number of carbonyl (C=O) groups is 2. The van der Waals surface area contributed by atoms with Gasteiger partial charge >= 0.3 is 0 Å². The van der Waals surface area contributed by atoms with Gasteiger partial charge in [-0.1, -0.05) is 24.6 Å². The fraction of sp³-hybridized carbons (Fsp3) is 0.700. The number of hydrogen-bond acceptors (Lipinski definition) is 5. The molecule has 2 aliphatic rings. The number of imide groups is 1. The maximum atomic E-state index is 12.1.